The van der Waals surface area contributed by atoms with Crippen LogP contribution in [0.3, 0.4) is 0 Å². The van der Waals surface area contributed by atoms with Crippen molar-refractivity contribution in [3.05, 3.63) is 34.6 Å². The maximum Gasteiger partial charge on any atom is 0.142 e. The first kappa shape index (κ1) is 13.7. The van der Waals surface area contributed by atoms with Crippen molar-refractivity contribution >= 4 is 24.0 Å². The third kappa shape index (κ3) is 3.59. The van der Waals surface area contributed by atoms with E-state index in [0.717, 1.165) is 38.3 Å². The largest absolute Gasteiger partial charge is 0.314 e. The van der Waals surface area contributed by atoms with E-state index in [1.165, 1.54) is 6.07 Å². The first-order valence-corrected chi connectivity index (χ1v) is 5.50. The fourth-order valence-electron chi connectivity index (χ4n) is 1.77. The van der Waals surface area contributed by atoms with E-state index in [1.54, 1.807) is 6.07 Å². The van der Waals surface area contributed by atoms with Gasteiger partial charge in [-0.05, 0) is 17.7 Å². The molecule has 0 aliphatic carbocycles. The van der Waals surface area contributed by atoms with Crippen LogP contribution in [-0.2, 0) is 6.54 Å². The first-order chi connectivity index (χ1) is 7.25. The summed E-state index contributed by atoms with van der Waals surface area (Å²) < 4.78 is 13.2. The summed E-state index contributed by atoms with van der Waals surface area (Å²) in [6, 6.07) is 5.02. The van der Waals surface area contributed by atoms with Crippen LogP contribution >= 0.6 is 24.0 Å². The van der Waals surface area contributed by atoms with Gasteiger partial charge in [0.05, 0.1) is 5.02 Å². The number of benzene rings is 1. The highest BCUT2D eigenvalue weighted by Crippen LogP contribution is 2.16. The van der Waals surface area contributed by atoms with E-state index in [2.05, 4.69) is 10.2 Å². The summed E-state index contributed by atoms with van der Waals surface area (Å²) in [5.74, 6) is -0.329. The van der Waals surface area contributed by atoms with E-state index < -0.39 is 0 Å². The van der Waals surface area contributed by atoms with Gasteiger partial charge in [0.2, 0.25) is 0 Å². The van der Waals surface area contributed by atoms with Crippen molar-refractivity contribution in [2.24, 2.45) is 0 Å². The Morgan fingerprint density at radius 1 is 1.31 bits per heavy atom. The maximum absolute atomic E-state index is 13.2. The molecule has 0 radical (unpaired) electrons. The lowest BCUT2D eigenvalue weighted by Gasteiger charge is -2.27. The Balaban J connectivity index is 0.00000128. The molecule has 0 atom stereocenters. The van der Waals surface area contributed by atoms with Crippen molar-refractivity contribution in [1.82, 2.24) is 10.2 Å². The zero-order valence-corrected chi connectivity index (χ0v) is 10.5. The highest BCUT2D eigenvalue weighted by molar-refractivity contribution is 6.30. The summed E-state index contributed by atoms with van der Waals surface area (Å²) in [5.41, 5.74) is 0.985. The number of nitrogens with one attached hydrogen (secondary N) is 1. The van der Waals surface area contributed by atoms with Crippen molar-refractivity contribution in [2.45, 2.75) is 6.54 Å². The number of rotatable bonds is 2. The Morgan fingerprint density at radius 2 is 2.00 bits per heavy atom. The van der Waals surface area contributed by atoms with Gasteiger partial charge >= 0.3 is 0 Å². The van der Waals surface area contributed by atoms with Crippen molar-refractivity contribution in [2.75, 3.05) is 26.2 Å². The third-order valence-electron chi connectivity index (χ3n) is 2.60. The molecule has 0 unspecified atom stereocenters. The van der Waals surface area contributed by atoms with Crippen molar-refractivity contribution in [1.29, 1.82) is 0 Å². The Kier molecular flexibility index (Phi) is 5.49. The molecule has 1 aromatic carbocycles. The summed E-state index contributed by atoms with van der Waals surface area (Å²) in [7, 11) is 0. The molecular weight excluding hydrogens is 250 g/mol. The number of piperazine rings is 1. The minimum Gasteiger partial charge on any atom is -0.314 e. The normalized spacial score (nSPS) is 16.9. The summed E-state index contributed by atoms with van der Waals surface area (Å²) in [4.78, 5) is 2.30. The summed E-state index contributed by atoms with van der Waals surface area (Å²) in [6.07, 6.45) is 0. The molecule has 0 spiro atoms. The fourth-order valence-corrected chi connectivity index (χ4v) is 1.88. The second kappa shape index (κ2) is 6.40. The van der Waals surface area contributed by atoms with Crippen molar-refractivity contribution in [3.8, 4) is 0 Å². The zero-order valence-electron chi connectivity index (χ0n) is 8.88. The van der Waals surface area contributed by atoms with Crippen molar-refractivity contribution < 1.29 is 4.39 Å². The smallest absolute Gasteiger partial charge is 0.142 e. The van der Waals surface area contributed by atoms with Crippen LogP contribution in [0.25, 0.3) is 0 Å². The molecule has 1 saturated heterocycles. The molecule has 90 valence electrons. The lowest BCUT2D eigenvalue weighted by molar-refractivity contribution is 0.233. The molecule has 1 aromatic rings. The number of nitrogens with zero attached hydrogens (tertiary/aromatic N) is 1. The van der Waals surface area contributed by atoms with Crippen LogP contribution < -0.4 is 5.32 Å². The Hall–Kier alpha value is -0.350. The van der Waals surface area contributed by atoms with Crippen LogP contribution in [0.4, 0.5) is 4.39 Å². The average Bonchev–Trinajstić information content (AvgIpc) is 2.25. The van der Waals surface area contributed by atoms with Gasteiger partial charge < -0.3 is 5.32 Å². The van der Waals surface area contributed by atoms with Gasteiger partial charge in [-0.1, -0.05) is 17.7 Å². The van der Waals surface area contributed by atoms with Crippen LogP contribution in [0.15, 0.2) is 18.2 Å². The predicted molar refractivity (Wildman–Crippen MR) is 66.8 cm³/mol. The second-order valence-electron chi connectivity index (χ2n) is 3.77. The predicted octanol–water partition coefficient (Wildman–Crippen LogP) is 2.31. The van der Waals surface area contributed by atoms with E-state index in [0.29, 0.717) is 0 Å². The van der Waals surface area contributed by atoms with Crippen LogP contribution in [0.2, 0.25) is 5.02 Å². The number of halogens is 3. The Morgan fingerprint density at radius 3 is 2.62 bits per heavy atom. The van der Waals surface area contributed by atoms with Crippen LogP contribution in [0, 0.1) is 5.82 Å². The minimum absolute atomic E-state index is 0. The standard InChI is InChI=1S/C11H14ClFN2.ClH/c12-10-2-1-9(7-11(10)13)8-15-5-3-14-4-6-15;/h1-2,7,14H,3-6,8H2;1H. The molecule has 1 N–H and O–H groups in total. The van der Waals surface area contributed by atoms with Gasteiger partial charge in [-0.25, -0.2) is 4.39 Å². The molecule has 0 amide bonds. The van der Waals surface area contributed by atoms with Gasteiger partial charge in [0, 0.05) is 32.7 Å². The minimum atomic E-state index is -0.329. The monoisotopic (exact) mass is 264 g/mol. The Bertz CT molecular complexity index is 341. The van der Waals surface area contributed by atoms with Gasteiger partial charge in [0.25, 0.3) is 0 Å². The van der Waals surface area contributed by atoms with E-state index in [9.17, 15) is 4.39 Å². The molecule has 0 bridgehead atoms. The van der Waals surface area contributed by atoms with E-state index in [-0.39, 0.29) is 23.2 Å². The SMILES string of the molecule is Cl.Fc1cc(CN2CCNCC2)ccc1Cl. The lowest BCUT2D eigenvalue weighted by Crippen LogP contribution is -2.42. The summed E-state index contributed by atoms with van der Waals surface area (Å²) in [6.45, 7) is 4.86. The topological polar surface area (TPSA) is 15.3 Å². The van der Waals surface area contributed by atoms with Gasteiger partial charge in [0.15, 0.2) is 0 Å². The van der Waals surface area contributed by atoms with E-state index in [1.807, 2.05) is 6.07 Å². The van der Waals surface area contributed by atoms with Gasteiger partial charge in [-0.15, -0.1) is 12.4 Å². The molecule has 5 heteroatoms. The van der Waals surface area contributed by atoms with Crippen LogP contribution in [0.5, 0.6) is 0 Å². The van der Waals surface area contributed by atoms with E-state index in [4.69, 9.17) is 11.6 Å². The Labute approximate surface area is 106 Å². The lowest BCUT2D eigenvalue weighted by atomic mass is 10.2. The molecule has 1 fully saturated rings. The zero-order chi connectivity index (χ0) is 10.7. The van der Waals surface area contributed by atoms with Gasteiger partial charge in [-0.2, -0.15) is 0 Å². The molecule has 1 aliphatic rings. The highest BCUT2D eigenvalue weighted by Gasteiger charge is 2.10. The molecule has 0 saturated carbocycles. The van der Waals surface area contributed by atoms with Gasteiger partial charge in [0.1, 0.15) is 5.82 Å². The molecule has 2 rings (SSSR count). The number of hydrogen-bond acceptors (Lipinski definition) is 2. The summed E-state index contributed by atoms with van der Waals surface area (Å²) in [5, 5.41) is 3.48. The highest BCUT2D eigenvalue weighted by atomic mass is 35.5. The quantitative estimate of drug-likeness (QED) is 0.882. The molecular formula is C11H15Cl2FN2. The first-order valence-electron chi connectivity index (χ1n) is 5.13. The van der Waals surface area contributed by atoms with Crippen molar-refractivity contribution in [3.63, 3.8) is 0 Å². The van der Waals surface area contributed by atoms with Crippen LogP contribution in [-0.4, -0.2) is 31.1 Å². The molecule has 1 heterocycles. The second-order valence-corrected chi connectivity index (χ2v) is 4.18. The van der Waals surface area contributed by atoms with Crippen LogP contribution in [0.1, 0.15) is 5.56 Å². The summed E-state index contributed by atoms with van der Waals surface area (Å²) >= 11 is 5.62. The fraction of sp³-hybridized carbons (Fsp3) is 0.455. The number of hydrogen-bond donors (Lipinski definition) is 1. The average molecular weight is 265 g/mol. The third-order valence-corrected chi connectivity index (χ3v) is 2.91. The maximum atomic E-state index is 13.2. The van der Waals surface area contributed by atoms with E-state index >= 15 is 0 Å². The van der Waals surface area contributed by atoms with Gasteiger partial charge in [-0.3, -0.25) is 4.90 Å². The molecule has 0 aromatic heterocycles. The molecule has 1 aliphatic heterocycles. The molecule has 16 heavy (non-hydrogen) atoms. The molecule has 2 nitrogen and oxygen atoms in total.